The molecule has 0 aliphatic heterocycles. The lowest BCUT2D eigenvalue weighted by Gasteiger charge is -2.10. The molecule has 1 atom stereocenters. The average molecular weight is 222 g/mol. The zero-order chi connectivity index (χ0) is 12.0. The van der Waals surface area contributed by atoms with Crippen LogP contribution in [-0.2, 0) is 9.53 Å². The molecule has 0 fully saturated rings. The van der Waals surface area contributed by atoms with E-state index >= 15 is 0 Å². The smallest absolute Gasteiger partial charge is 0.312 e. The molecule has 16 heavy (non-hydrogen) atoms. The molecule has 0 spiro atoms. The predicted molar refractivity (Wildman–Crippen MR) is 62.7 cm³/mol. The lowest BCUT2D eigenvalue weighted by molar-refractivity contribution is -0.141. The van der Waals surface area contributed by atoms with Crippen molar-refractivity contribution in [3.8, 4) is 5.75 Å². The molecule has 0 aliphatic carbocycles. The second-order valence-electron chi connectivity index (χ2n) is 3.66. The largest absolute Gasteiger partial charge is 0.494 e. The van der Waals surface area contributed by atoms with Gasteiger partial charge in [0, 0.05) is 0 Å². The molecule has 0 saturated heterocycles. The average Bonchev–Trinajstić information content (AvgIpc) is 2.35. The molecule has 3 heteroatoms. The van der Waals surface area contributed by atoms with E-state index in [9.17, 15) is 4.79 Å². The number of hydrogen-bond acceptors (Lipinski definition) is 3. The summed E-state index contributed by atoms with van der Waals surface area (Å²) in [6, 6.07) is 7.55. The first-order valence-electron chi connectivity index (χ1n) is 5.49. The maximum Gasteiger partial charge on any atom is 0.312 e. The first kappa shape index (κ1) is 12.6. The summed E-state index contributed by atoms with van der Waals surface area (Å²) in [4.78, 5) is 11.3. The maximum absolute atomic E-state index is 11.3. The molecule has 0 radical (unpaired) electrons. The minimum absolute atomic E-state index is 0.220. The maximum atomic E-state index is 11.3. The number of rotatable bonds is 5. The van der Waals surface area contributed by atoms with Gasteiger partial charge in [0.15, 0.2) is 0 Å². The Morgan fingerprint density at radius 3 is 2.44 bits per heavy atom. The molecule has 88 valence electrons. The standard InChI is InChI=1S/C13H18O3/c1-4-9-16-12-7-5-11(6-8-12)10(2)13(14)15-3/h5-8,10H,4,9H2,1-3H3. The fourth-order valence-corrected chi connectivity index (χ4v) is 1.39. The van der Waals surface area contributed by atoms with E-state index in [4.69, 9.17) is 9.47 Å². The van der Waals surface area contributed by atoms with Crippen LogP contribution in [0, 0.1) is 0 Å². The van der Waals surface area contributed by atoms with Gasteiger partial charge in [0.25, 0.3) is 0 Å². The Morgan fingerprint density at radius 1 is 1.31 bits per heavy atom. The van der Waals surface area contributed by atoms with Crippen molar-refractivity contribution in [1.29, 1.82) is 0 Å². The molecular formula is C13H18O3. The number of hydrogen-bond donors (Lipinski definition) is 0. The summed E-state index contributed by atoms with van der Waals surface area (Å²) in [6.45, 7) is 4.60. The molecule has 0 saturated carbocycles. The van der Waals surface area contributed by atoms with Gasteiger partial charge in [-0.15, -0.1) is 0 Å². The van der Waals surface area contributed by atoms with Gasteiger partial charge in [-0.05, 0) is 31.0 Å². The number of methoxy groups -OCH3 is 1. The van der Waals surface area contributed by atoms with E-state index in [1.807, 2.05) is 31.2 Å². The van der Waals surface area contributed by atoms with Gasteiger partial charge in [-0.25, -0.2) is 0 Å². The van der Waals surface area contributed by atoms with Crippen molar-refractivity contribution in [2.45, 2.75) is 26.2 Å². The molecular weight excluding hydrogens is 204 g/mol. The lowest BCUT2D eigenvalue weighted by atomic mass is 10.0. The minimum atomic E-state index is -0.231. The molecule has 1 aromatic carbocycles. The van der Waals surface area contributed by atoms with Crippen LogP contribution in [0.5, 0.6) is 5.75 Å². The molecule has 0 amide bonds. The quantitative estimate of drug-likeness (QED) is 0.719. The fraction of sp³-hybridized carbons (Fsp3) is 0.462. The van der Waals surface area contributed by atoms with E-state index in [2.05, 4.69) is 6.92 Å². The van der Waals surface area contributed by atoms with Crippen molar-refractivity contribution in [3.63, 3.8) is 0 Å². The van der Waals surface area contributed by atoms with E-state index in [0.717, 1.165) is 17.7 Å². The molecule has 0 aromatic heterocycles. The Hall–Kier alpha value is -1.51. The molecule has 0 N–H and O–H groups in total. The first-order chi connectivity index (χ1) is 7.69. The fourth-order valence-electron chi connectivity index (χ4n) is 1.39. The first-order valence-corrected chi connectivity index (χ1v) is 5.49. The molecule has 1 aromatic rings. The SMILES string of the molecule is CCCOc1ccc(C(C)C(=O)OC)cc1. The summed E-state index contributed by atoms with van der Waals surface area (Å²) in [5.41, 5.74) is 0.940. The molecule has 0 aliphatic rings. The van der Waals surface area contributed by atoms with Crippen LogP contribution >= 0.6 is 0 Å². The van der Waals surface area contributed by atoms with Crippen molar-refractivity contribution in [2.75, 3.05) is 13.7 Å². The van der Waals surface area contributed by atoms with Crippen molar-refractivity contribution in [2.24, 2.45) is 0 Å². The Kier molecular flexibility index (Phi) is 4.83. The van der Waals surface area contributed by atoms with Crippen LogP contribution in [0.4, 0.5) is 0 Å². The second kappa shape index (κ2) is 6.16. The van der Waals surface area contributed by atoms with Crippen molar-refractivity contribution in [3.05, 3.63) is 29.8 Å². The van der Waals surface area contributed by atoms with E-state index in [1.54, 1.807) is 0 Å². The van der Waals surface area contributed by atoms with Gasteiger partial charge < -0.3 is 9.47 Å². The normalized spacial score (nSPS) is 11.9. The number of ether oxygens (including phenoxy) is 2. The molecule has 0 heterocycles. The second-order valence-corrected chi connectivity index (χ2v) is 3.66. The van der Waals surface area contributed by atoms with Crippen LogP contribution in [-0.4, -0.2) is 19.7 Å². The van der Waals surface area contributed by atoms with E-state index in [0.29, 0.717) is 6.61 Å². The summed E-state index contributed by atoms with van der Waals surface area (Å²) in [6.07, 6.45) is 0.986. The third-order valence-electron chi connectivity index (χ3n) is 2.41. The van der Waals surface area contributed by atoms with Crippen LogP contribution in [0.3, 0.4) is 0 Å². The Bertz CT molecular complexity index is 330. The number of esters is 1. The Labute approximate surface area is 96.4 Å². The highest BCUT2D eigenvalue weighted by molar-refractivity contribution is 5.77. The van der Waals surface area contributed by atoms with Crippen LogP contribution in [0.2, 0.25) is 0 Å². The van der Waals surface area contributed by atoms with Crippen LogP contribution in [0.25, 0.3) is 0 Å². The highest BCUT2D eigenvalue weighted by Gasteiger charge is 2.14. The van der Waals surface area contributed by atoms with E-state index < -0.39 is 0 Å². The van der Waals surface area contributed by atoms with Crippen LogP contribution in [0.1, 0.15) is 31.7 Å². The number of benzene rings is 1. The van der Waals surface area contributed by atoms with Gasteiger partial charge in [0.1, 0.15) is 5.75 Å². The number of carbonyl (C=O) groups is 1. The molecule has 1 rings (SSSR count). The summed E-state index contributed by atoms with van der Waals surface area (Å²) >= 11 is 0. The summed E-state index contributed by atoms with van der Waals surface area (Å²) in [7, 11) is 1.40. The van der Waals surface area contributed by atoms with Crippen molar-refractivity contribution < 1.29 is 14.3 Å². The van der Waals surface area contributed by atoms with Crippen molar-refractivity contribution >= 4 is 5.97 Å². The van der Waals surface area contributed by atoms with E-state index in [-0.39, 0.29) is 11.9 Å². The summed E-state index contributed by atoms with van der Waals surface area (Å²) < 4.78 is 10.2. The predicted octanol–water partition coefficient (Wildman–Crippen LogP) is 2.75. The van der Waals surface area contributed by atoms with Gasteiger partial charge in [0.2, 0.25) is 0 Å². The molecule has 1 unspecified atom stereocenters. The Balaban J connectivity index is 2.67. The van der Waals surface area contributed by atoms with Gasteiger partial charge >= 0.3 is 5.97 Å². The van der Waals surface area contributed by atoms with Crippen LogP contribution in [0.15, 0.2) is 24.3 Å². The van der Waals surface area contributed by atoms with Gasteiger partial charge in [-0.3, -0.25) is 4.79 Å². The highest BCUT2D eigenvalue weighted by atomic mass is 16.5. The summed E-state index contributed by atoms with van der Waals surface area (Å²) in [5, 5.41) is 0. The van der Waals surface area contributed by atoms with E-state index in [1.165, 1.54) is 7.11 Å². The zero-order valence-electron chi connectivity index (χ0n) is 10.0. The van der Waals surface area contributed by atoms with Crippen LogP contribution < -0.4 is 4.74 Å². The lowest BCUT2D eigenvalue weighted by Crippen LogP contribution is -2.10. The Morgan fingerprint density at radius 2 is 1.94 bits per heavy atom. The highest BCUT2D eigenvalue weighted by Crippen LogP contribution is 2.20. The third kappa shape index (κ3) is 3.26. The number of carbonyl (C=O) groups excluding carboxylic acids is 1. The van der Waals surface area contributed by atoms with Gasteiger partial charge in [-0.1, -0.05) is 19.1 Å². The van der Waals surface area contributed by atoms with Gasteiger partial charge in [-0.2, -0.15) is 0 Å². The minimum Gasteiger partial charge on any atom is -0.494 e. The van der Waals surface area contributed by atoms with Gasteiger partial charge in [0.05, 0.1) is 19.6 Å². The molecule has 0 bridgehead atoms. The molecule has 3 nitrogen and oxygen atoms in total. The zero-order valence-corrected chi connectivity index (χ0v) is 10.0. The monoisotopic (exact) mass is 222 g/mol. The topological polar surface area (TPSA) is 35.5 Å². The third-order valence-corrected chi connectivity index (χ3v) is 2.41. The van der Waals surface area contributed by atoms with Crippen molar-refractivity contribution in [1.82, 2.24) is 0 Å². The summed E-state index contributed by atoms with van der Waals surface area (Å²) in [5.74, 6) is 0.384.